The fourth-order valence-corrected chi connectivity index (χ4v) is 1.37. The summed E-state index contributed by atoms with van der Waals surface area (Å²) in [7, 11) is 3.86. The van der Waals surface area contributed by atoms with Crippen LogP contribution in [0, 0.1) is 0 Å². The molecule has 0 radical (unpaired) electrons. The van der Waals surface area contributed by atoms with Crippen LogP contribution in [0.25, 0.3) is 0 Å². The number of imide groups is 1. The Labute approximate surface area is 89.6 Å². The van der Waals surface area contributed by atoms with E-state index in [0.29, 0.717) is 13.1 Å². The van der Waals surface area contributed by atoms with Crippen LogP contribution in [0.3, 0.4) is 0 Å². The zero-order valence-corrected chi connectivity index (χ0v) is 9.25. The molecule has 3 amide bonds. The number of amides is 3. The Morgan fingerprint density at radius 2 is 2.20 bits per heavy atom. The van der Waals surface area contributed by atoms with Crippen molar-refractivity contribution in [2.75, 3.05) is 46.8 Å². The molecule has 86 valence electrons. The highest BCUT2D eigenvalue weighted by Gasteiger charge is 2.27. The molecule has 2 N–H and O–H groups in total. The number of likely N-dealkylation sites (N-methyl/N-ethyl adjacent to an activating group) is 2. The molecule has 0 aromatic carbocycles. The van der Waals surface area contributed by atoms with Crippen LogP contribution in [-0.2, 0) is 4.79 Å². The molecule has 1 heterocycles. The predicted molar refractivity (Wildman–Crippen MR) is 56.5 cm³/mol. The summed E-state index contributed by atoms with van der Waals surface area (Å²) in [6.07, 6.45) is 0. The van der Waals surface area contributed by atoms with Crippen molar-refractivity contribution >= 4 is 11.9 Å². The maximum absolute atomic E-state index is 11.2. The Bertz CT molecular complexity index is 228. The van der Waals surface area contributed by atoms with Crippen molar-refractivity contribution in [1.29, 1.82) is 0 Å². The molecular weight excluding hydrogens is 196 g/mol. The van der Waals surface area contributed by atoms with Crippen molar-refractivity contribution in [3.05, 3.63) is 0 Å². The van der Waals surface area contributed by atoms with Crippen molar-refractivity contribution in [2.24, 2.45) is 0 Å². The molecule has 1 saturated heterocycles. The van der Waals surface area contributed by atoms with Gasteiger partial charge in [-0.05, 0) is 14.1 Å². The first-order chi connectivity index (χ1) is 7.15. The molecule has 6 nitrogen and oxygen atoms in total. The third kappa shape index (κ3) is 3.49. The molecule has 0 spiro atoms. The van der Waals surface area contributed by atoms with Crippen LogP contribution in [-0.4, -0.2) is 68.6 Å². The van der Waals surface area contributed by atoms with Gasteiger partial charge in [0.05, 0.1) is 6.54 Å². The highest BCUT2D eigenvalue weighted by molar-refractivity contribution is 6.01. The van der Waals surface area contributed by atoms with E-state index in [2.05, 4.69) is 15.5 Å². The molecule has 0 aliphatic carbocycles. The summed E-state index contributed by atoms with van der Waals surface area (Å²) < 4.78 is 0. The van der Waals surface area contributed by atoms with E-state index in [1.54, 1.807) is 0 Å². The second-order valence-corrected chi connectivity index (χ2v) is 3.61. The zero-order valence-electron chi connectivity index (χ0n) is 9.25. The predicted octanol–water partition coefficient (Wildman–Crippen LogP) is -1.31. The minimum atomic E-state index is -0.276. The standard InChI is InChI=1S/C9H18N4O2/c1-10-3-4-12(2)5-6-13-8(14)7-11-9(13)15/h10H,3-7H2,1-2H3,(H,11,15). The van der Waals surface area contributed by atoms with Crippen LogP contribution in [0.15, 0.2) is 0 Å². The minimum absolute atomic E-state index is 0.137. The lowest BCUT2D eigenvalue weighted by Gasteiger charge is -2.19. The van der Waals surface area contributed by atoms with Gasteiger partial charge in [0, 0.05) is 26.2 Å². The van der Waals surface area contributed by atoms with Gasteiger partial charge >= 0.3 is 6.03 Å². The first kappa shape index (κ1) is 11.9. The van der Waals surface area contributed by atoms with Gasteiger partial charge in [-0.2, -0.15) is 0 Å². The van der Waals surface area contributed by atoms with Gasteiger partial charge in [0.15, 0.2) is 0 Å². The number of urea groups is 1. The maximum atomic E-state index is 11.2. The van der Waals surface area contributed by atoms with E-state index in [0.717, 1.165) is 13.1 Å². The normalized spacial score (nSPS) is 16.3. The van der Waals surface area contributed by atoms with E-state index in [1.807, 2.05) is 14.1 Å². The Morgan fingerprint density at radius 3 is 2.73 bits per heavy atom. The average Bonchev–Trinajstić information content (AvgIpc) is 2.53. The number of carbonyl (C=O) groups is 2. The summed E-state index contributed by atoms with van der Waals surface area (Å²) in [4.78, 5) is 25.7. The first-order valence-electron chi connectivity index (χ1n) is 5.06. The highest BCUT2D eigenvalue weighted by atomic mass is 16.2. The van der Waals surface area contributed by atoms with Gasteiger partial charge in [0.25, 0.3) is 0 Å². The topological polar surface area (TPSA) is 64.7 Å². The van der Waals surface area contributed by atoms with Crippen LogP contribution < -0.4 is 10.6 Å². The lowest BCUT2D eigenvalue weighted by molar-refractivity contribution is -0.125. The SMILES string of the molecule is CNCCN(C)CCN1C(=O)CNC1=O. The van der Waals surface area contributed by atoms with E-state index in [9.17, 15) is 9.59 Å². The average molecular weight is 214 g/mol. The third-order valence-electron chi connectivity index (χ3n) is 2.39. The second kappa shape index (κ2) is 5.67. The van der Waals surface area contributed by atoms with Crippen molar-refractivity contribution in [2.45, 2.75) is 0 Å². The minimum Gasteiger partial charge on any atom is -0.329 e. The molecule has 1 aliphatic heterocycles. The van der Waals surface area contributed by atoms with E-state index < -0.39 is 0 Å². The smallest absolute Gasteiger partial charge is 0.324 e. The second-order valence-electron chi connectivity index (χ2n) is 3.61. The maximum Gasteiger partial charge on any atom is 0.324 e. The molecule has 0 saturated carbocycles. The Kier molecular flexibility index (Phi) is 4.51. The summed E-state index contributed by atoms with van der Waals surface area (Å²) in [5, 5.41) is 5.54. The number of nitrogens with zero attached hydrogens (tertiary/aromatic N) is 2. The van der Waals surface area contributed by atoms with Crippen molar-refractivity contribution < 1.29 is 9.59 Å². The van der Waals surface area contributed by atoms with Crippen LogP contribution in [0.4, 0.5) is 4.79 Å². The summed E-state index contributed by atoms with van der Waals surface area (Å²) in [6.45, 7) is 3.11. The Morgan fingerprint density at radius 1 is 1.47 bits per heavy atom. The Balaban J connectivity index is 2.24. The van der Waals surface area contributed by atoms with Gasteiger partial charge in [0.2, 0.25) is 5.91 Å². The summed E-state index contributed by atoms with van der Waals surface area (Å²) in [5.74, 6) is -0.137. The molecule has 1 fully saturated rings. The quantitative estimate of drug-likeness (QED) is 0.539. The first-order valence-corrected chi connectivity index (χ1v) is 5.06. The van der Waals surface area contributed by atoms with Gasteiger partial charge in [-0.1, -0.05) is 0 Å². The molecule has 0 aromatic heterocycles. The largest absolute Gasteiger partial charge is 0.329 e. The Hall–Kier alpha value is -1.14. The van der Waals surface area contributed by atoms with Gasteiger partial charge in [-0.15, -0.1) is 0 Å². The lowest BCUT2D eigenvalue weighted by Crippen LogP contribution is -2.39. The van der Waals surface area contributed by atoms with E-state index in [4.69, 9.17) is 0 Å². The summed E-state index contributed by atoms with van der Waals surface area (Å²) in [5.41, 5.74) is 0. The molecule has 1 rings (SSSR count). The molecule has 0 aromatic rings. The van der Waals surface area contributed by atoms with Crippen LogP contribution >= 0.6 is 0 Å². The van der Waals surface area contributed by atoms with Crippen molar-refractivity contribution in [1.82, 2.24) is 20.4 Å². The van der Waals surface area contributed by atoms with Gasteiger partial charge in [-0.3, -0.25) is 9.69 Å². The molecule has 0 unspecified atom stereocenters. The van der Waals surface area contributed by atoms with E-state index in [-0.39, 0.29) is 18.5 Å². The van der Waals surface area contributed by atoms with Crippen LogP contribution in [0.2, 0.25) is 0 Å². The molecule has 0 bridgehead atoms. The molecule has 6 heteroatoms. The van der Waals surface area contributed by atoms with E-state index >= 15 is 0 Å². The van der Waals surface area contributed by atoms with Gasteiger partial charge < -0.3 is 15.5 Å². The number of rotatable bonds is 6. The molecule has 15 heavy (non-hydrogen) atoms. The number of nitrogens with one attached hydrogen (secondary N) is 2. The fourth-order valence-electron chi connectivity index (χ4n) is 1.37. The molecular formula is C9H18N4O2. The monoisotopic (exact) mass is 214 g/mol. The third-order valence-corrected chi connectivity index (χ3v) is 2.39. The molecule has 1 aliphatic rings. The fraction of sp³-hybridized carbons (Fsp3) is 0.778. The van der Waals surface area contributed by atoms with Crippen LogP contribution in [0.1, 0.15) is 0 Å². The van der Waals surface area contributed by atoms with E-state index in [1.165, 1.54) is 4.90 Å². The van der Waals surface area contributed by atoms with Crippen molar-refractivity contribution in [3.63, 3.8) is 0 Å². The summed E-state index contributed by atoms with van der Waals surface area (Å²) in [6, 6.07) is -0.276. The summed E-state index contributed by atoms with van der Waals surface area (Å²) >= 11 is 0. The zero-order chi connectivity index (χ0) is 11.3. The van der Waals surface area contributed by atoms with Gasteiger partial charge in [-0.25, -0.2) is 4.79 Å². The number of hydrogen-bond donors (Lipinski definition) is 2. The number of hydrogen-bond acceptors (Lipinski definition) is 4. The lowest BCUT2D eigenvalue weighted by atomic mass is 10.4. The highest BCUT2D eigenvalue weighted by Crippen LogP contribution is 1.98. The van der Waals surface area contributed by atoms with Crippen LogP contribution in [0.5, 0.6) is 0 Å². The van der Waals surface area contributed by atoms with Crippen molar-refractivity contribution in [3.8, 4) is 0 Å². The van der Waals surface area contributed by atoms with Gasteiger partial charge in [0.1, 0.15) is 0 Å². The number of carbonyl (C=O) groups excluding carboxylic acids is 2. The molecule has 0 atom stereocenters.